The number of halogens is 1. The summed E-state index contributed by atoms with van der Waals surface area (Å²) in [5.41, 5.74) is 0. The first-order chi connectivity index (χ1) is 12.6. The van der Waals surface area contributed by atoms with Crippen LogP contribution in [0.25, 0.3) is 0 Å². The maximum absolute atomic E-state index is 12.8. The highest BCUT2D eigenvalue weighted by Gasteiger charge is 2.12. The smallest absolute Gasteiger partial charge is 0.222 e. The molecule has 1 N–H and O–H groups in total. The molecule has 0 unspecified atom stereocenters. The molecule has 0 bridgehead atoms. The third-order valence-corrected chi connectivity index (χ3v) is 3.86. The highest BCUT2D eigenvalue weighted by atomic mass is 19.1. The summed E-state index contributed by atoms with van der Waals surface area (Å²) < 4.78 is 18.2. The van der Waals surface area contributed by atoms with E-state index < -0.39 is 0 Å². The summed E-state index contributed by atoms with van der Waals surface area (Å²) in [6.07, 6.45) is 3.92. The lowest BCUT2D eigenvalue weighted by Gasteiger charge is -2.21. The molecule has 0 aliphatic rings. The summed E-state index contributed by atoms with van der Waals surface area (Å²) in [6, 6.07) is 5.84. The fourth-order valence-corrected chi connectivity index (χ4v) is 2.57. The molecular formula is C20H31FN2O3. The lowest BCUT2D eigenvalue weighted by Crippen LogP contribution is -2.32. The highest BCUT2D eigenvalue weighted by Crippen LogP contribution is 2.11. The van der Waals surface area contributed by atoms with Crippen LogP contribution in [0.5, 0.6) is 5.75 Å². The number of ether oxygens (including phenoxy) is 1. The van der Waals surface area contributed by atoms with Gasteiger partial charge < -0.3 is 15.0 Å². The number of amides is 2. The Hall–Kier alpha value is -2.11. The monoisotopic (exact) mass is 366 g/mol. The molecule has 2 amide bonds. The number of hydrogen-bond acceptors (Lipinski definition) is 3. The second-order valence-electron chi connectivity index (χ2n) is 6.24. The molecule has 0 fully saturated rings. The van der Waals surface area contributed by atoms with Crippen LogP contribution in [0.1, 0.15) is 52.4 Å². The quantitative estimate of drug-likeness (QED) is 0.543. The Morgan fingerprint density at radius 3 is 2.31 bits per heavy atom. The second kappa shape index (κ2) is 13.1. The Labute approximate surface area is 155 Å². The van der Waals surface area contributed by atoms with Crippen LogP contribution in [0, 0.1) is 5.82 Å². The molecule has 146 valence electrons. The maximum atomic E-state index is 12.8. The normalized spacial score (nSPS) is 10.4. The molecule has 0 saturated carbocycles. The molecule has 0 aliphatic heterocycles. The van der Waals surface area contributed by atoms with Gasteiger partial charge in [0.15, 0.2) is 0 Å². The summed E-state index contributed by atoms with van der Waals surface area (Å²) in [7, 11) is 0. The lowest BCUT2D eigenvalue weighted by atomic mass is 10.2. The molecule has 1 aromatic carbocycles. The van der Waals surface area contributed by atoms with Gasteiger partial charge in [-0.3, -0.25) is 9.59 Å². The molecular weight excluding hydrogens is 335 g/mol. The Balaban J connectivity index is 2.09. The van der Waals surface area contributed by atoms with Gasteiger partial charge in [-0.2, -0.15) is 0 Å². The SMILES string of the molecule is CCCN(CCC)C(=O)CCCC(=O)NCCCOc1ccc(F)cc1. The van der Waals surface area contributed by atoms with Crippen LogP contribution in [0.2, 0.25) is 0 Å². The van der Waals surface area contributed by atoms with E-state index in [-0.39, 0.29) is 17.6 Å². The minimum atomic E-state index is -0.296. The fraction of sp³-hybridized carbons (Fsp3) is 0.600. The van der Waals surface area contributed by atoms with Crippen molar-refractivity contribution in [1.82, 2.24) is 10.2 Å². The van der Waals surface area contributed by atoms with E-state index in [0.29, 0.717) is 44.6 Å². The number of hydrogen-bond donors (Lipinski definition) is 1. The van der Waals surface area contributed by atoms with Crippen molar-refractivity contribution in [3.63, 3.8) is 0 Å². The minimum Gasteiger partial charge on any atom is -0.494 e. The van der Waals surface area contributed by atoms with Crippen molar-refractivity contribution in [3.05, 3.63) is 30.1 Å². The largest absolute Gasteiger partial charge is 0.494 e. The average molecular weight is 366 g/mol. The average Bonchev–Trinajstić information content (AvgIpc) is 2.62. The van der Waals surface area contributed by atoms with Gasteiger partial charge in [0, 0.05) is 32.5 Å². The van der Waals surface area contributed by atoms with Crippen LogP contribution in [0.4, 0.5) is 4.39 Å². The van der Waals surface area contributed by atoms with Crippen LogP contribution in [-0.4, -0.2) is 43.0 Å². The predicted octanol–water partition coefficient (Wildman–Crippen LogP) is 3.53. The van der Waals surface area contributed by atoms with Crippen molar-refractivity contribution in [3.8, 4) is 5.75 Å². The zero-order valence-corrected chi connectivity index (χ0v) is 15.9. The molecule has 0 atom stereocenters. The number of carbonyl (C=O) groups is 2. The Morgan fingerprint density at radius 2 is 1.69 bits per heavy atom. The molecule has 0 radical (unpaired) electrons. The number of rotatable bonds is 13. The first kappa shape index (κ1) is 21.9. The molecule has 1 aromatic rings. The Bertz CT molecular complexity index is 528. The van der Waals surface area contributed by atoms with Crippen molar-refractivity contribution in [2.75, 3.05) is 26.2 Å². The van der Waals surface area contributed by atoms with Gasteiger partial charge in [-0.05, 0) is 49.9 Å². The van der Waals surface area contributed by atoms with Gasteiger partial charge in [-0.1, -0.05) is 13.8 Å². The van der Waals surface area contributed by atoms with Crippen molar-refractivity contribution in [2.45, 2.75) is 52.4 Å². The molecule has 6 heteroatoms. The van der Waals surface area contributed by atoms with Crippen LogP contribution in [0.15, 0.2) is 24.3 Å². The molecule has 0 aromatic heterocycles. The minimum absolute atomic E-state index is 0.0443. The zero-order chi connectivity index (χ0) is 19.2. The van der Waals surface area contributed by atoms with Gasteiger partial charge in [-0.25, -0.2) is 4.39 Å². The van der Waals surface area contributed by atoms with Gasteiger partial charge in [0.25, 0.3) is 0 Å². The van der Waals surface area contributed by atoms with E-state index in [0.717, 1.165) is 25.9 Å². The summed E-state index contributed by atoms with van der Waals surface area (Å²) >= 11 is 0. The molecule has 0 aliphatic carbocycles. The van der Waals surface area contributed by atoms with Gasteiger partial charge in [0.2, 0.25) is 11.8 Å². The molecule has 0 saturated heterocycles. The maximum Gasteiger partial charge on any atom is 0.222 e. The Morgan fingerprint density at radius 1 is 1.04 bits per heavy atom. The summed E-state index contributed by atoms with van der Waals surface area (Å²) in [6.45, 7) is 6.66. The van der Waals surface area contributed by atoms with E-state index in [4.69, 9.17) is 4.74 Å². The molecule has 5 nitrogen and oxygen atoms in total. The van der Waals surface area contributed by atoms with Gasteiger partial charge in [-0.15, -0.1) is 0 Å². The van der Waals surface area contributed by atoms with Gasteiger partial charge >= 0.3 is 0 Å². The molecule has 0 spiro atoms. The zero-order valence-electron chi connectivity index (χ0n) is 15.9. The molecule has 0 heterocycles. The van der Waals surface area contributed by atoms with Crippen LogP contribution >= 0.6 is 0 Å². The van der Waals surface area contributed by atoms with Crippen molar-refractivity contribution >= 4 is 11.8 Å². The Kier molecular flexibility index (Phi) is 11.1. The van der Waals surface area contributed by atoms with E-state index in [9.17, 15) is 14.0 Å². The first-order valence-electron chi connectivity index (χ1n) is 9.49. The van der Waals surface area contributed by atoms with Crippen molar-refractivity contribution in [1.29, 1.82) is 0 Å². The highest BCUT2D eigenvalue weighted by molar-refractivity contribution is 5.78. The number of nitrogens with zero attached hydrogens (tertiary/aromatic N) is 1. The van der Waals surface area contributed by atoms with Crippen LogP contribution in [-0.2, 0) is 9.59 Å². The van der Waals surface area contributed by atoms with E-state index in [1.807, 2.05) is 4.90 Å². The third kappa shape index (κ3) is 9.39. The van der Waals surface area contributed by atoms with Gasteiger partial charge in [0.1, 0.15) is 11.6 Å². The molecule has 26 heavy (non-hydrogen) atoms. The number of benzene rings is 1. The number of nitrogens with one attached hydrogen (secondary N) is 1. The van der Waals surface area contributed by atoms with Crippen molar-refractivity contribution in [2.24, 2.45) is 0 Å². The summed E-state index contributed by atoms with van der Waals surface area (Å²) in [4.78, 5) is 25.8. The summed E-state index contributed by atoms with van der Waals surface area (Å²) in [5.74, 6) is 0.405. The second-order valence-corrected chi connectivity index (χ2v) is 6.24. The van der Waals surface area contributed by atoms with E-state index in [2.05, 4.69) is 19.2 Å². The first-order valence-corrected chi connectivity index (χ1v) is 9.49. The fourth-order valence-electron chi connectivity index (χ4n) is 2.57. The summed E-state index contributed by atoms with van der Waals surface area (Å²) in [5, 5.41) is 2.83. The lowest BCUT2D eigenvalue weighted by molar-refractivity contribution is -0.131. The topological polar surface area (TPSA) is 58.6 Å². The van der Waals surface area contributed by atoms with Crippen LogP contribution in [0.3, 0.4) is 0 Å². The predicted molar refractivity (Wildman–Crippen MR) is 101 cm³/mol. The van der Waals surface area contributed by atoms with Crippen molar-refractivity contribution < 1.29 is 18.7 Å². The van der Waals surface area contributed by atoms with E-state index in [1.54, 1.807) is 12.1 Å². The van der Waals surface area contributed by atoms with Crippen LogP contribution < -0.4 is 10.1 Å². The standard InChI is InChI=1S/C20H31FN2O3/c1-3-14-23(15-4-2)20(25)8-5-7-19(24)22-13-6-16-26-18-11-9-17(21)10-12-18/h9-12H,3-8,13-16H2,1-2H3,(H,22,24). The van der Waals surface area contributed by atoms with Gasteiger partial charge in [0.05, 0.1) is 6.61 Å². The molecule has 1 rings (SSSR count). The third-order valence-electron chi connectivity index (χ3n) is 3.86. The number of carbonyl (C=O) groups excluding carboxylic acids is 2. The van der Waals surface area contributed by atoms with E-state index in [1.165, 1.54) is 12.1 Å². The van der Waals surface area contributed by atoms with E-state index >= 15 is 0 Å².